The number of benzene rings is 1. The average molecular weight is 399 g/mol. The third-order valence-electron chi connectivity index (χ3n) is 5.61. The van der Waals surface area contributed by atoms with Gasteiger partial charge in [-0.2, -0.15) is 5.10 Å². The molecular weight excluding hydrogens is 374 g/mol. The van der Waals surface area contributed by atoms with Crippen molar-refractivity contribution >= 4 is 11.6 Å². The smallest absolute Gasteiger partial charge is 0.272 e. The summed E-state index contributed by atoms with van der Waals surface area (Å²) in [6, 6.07) is 7.87. The number of nitrogens with zero attached hydrogens (tertiary/aromatic N) is 4. The molecule has 29 heavy (non-hydrogen) atoms. The lowest BCUT2D eigenvalue weighted by Gasteiger charge is -2.33. The van der Waals surface area contributed by atoms with Gasteiger partial charge in [0.25, 0.3) is 11.6 Å². The van der Waals surface area contributed by atoms with Gasteiger partial charge in [-0.05, 0) is 43.4 Å². The number of carbonyl (C=O) groups excluding carboxylic acids is 1. The van der Waals surface area contributed by atoms with E-state index in [1.165, 1.54) is 12.1 Å². The molecule has 9 heteroatoms. The van der Waals surface area contributed by atoms with Gasteiger partial charge >= 0.3 is 0 Å². The molecule has 0 saturated carbocycles. The summed E-state index contributed by atoms with van der Waals surface area (Å²) in [7, 11) is 0. The van der Waals surface area contributed by atoms with Crippen molar-refractivity contribution in [3.05, 3.63) is 52.3 Å². The first-order valence-corrected chi connectivity index (χ1v) is 10.00. The summed E-state index contributed by atoms with van der Waals surface area (Å²) in [6.07, 6.45) is 4.70. The maximum atomic E-state index is 12.6. The number of hydrogen-bond donors (Lipinski definition) is 1. The molecule has 2 aromatic rings. The van der Waals surface area contributed by atoms with Gasteiger partial charge in [-0.15, -0.1) is 0 Å². The zero-order valence-electron chi connectivity index (χ0n) is 16.2. The van der Waals surface area contributed by atoms with Gasteiger partial charge in [-0.3, -0.25) is 14.9 Å². The van der Waals surface area contributed by atoms with E-state index in [4.69, 9.17) is 4.74 Å². The highest BCUT2D eigenvalue weighted by Crippen LogP contribution is 2.18. The number of aromatic nitrogens is 2. The topological polar surface area (TPSA) is 103 Å². The Morgan fingerprint density at radius 2 is 1.97 bits per heavy atom. The molecule has 4 rings (SSSR count). The van der Waals surface area contributed by atoms with Crippen molar-refractivity contribution in [1.29, 1.82) is 0 Å². The van der Waals surface area contributed by atoms with Crippen molar-refractivity contribution in [3.63, 3.8) is 0 Å². The Morgan fingerprint density at radius 1 is 1.21 bits per heavy atom. The van der Waals surface area contributed by atoms with Crippen molar-refractivity contribution < 1.29 is 14.5 Å². The van der Waals surface area contributed by atoms with Gasteiger partial charge in [-0.1, -0.05) is 0 Å². The number of nitro groups is 1. The fourth-order valence-electron chi connectivity index (χ4n) is 3.93. The number of non-ortho nitro benzene ring substituents is 1. The van der Waals surface area contributed by atoms with Gasteiger partial charge < -0.3 is 15.0 Å². The minimum absolute atomic E-state index is 0.0191. The summed E-state index contributed by atoms with van der Waals surface area (Å²) in [6.45, 7) is 4.80. The van der Waals surface area contributed by atoms with Gasteiger partial charge in [0.05, 0.1) is 17.2 Å². The molecule has 2 fully saturated rings. The van der Waals surface area contributed by atoms with Crippen LogP contribution in [0.2, 0.25) is 0 Å². The predicted molar refractivity (Wildman–Crippen MR) is 106 cm³/mol. The first-order chi connectivity index (χ1) is 14.1. The van der Waals surface area contributed by atoms with Crippen LogP contribution in [0.5, 0.6) is 0 Å². The Bertz CT molecular complexity index is 852. The van der Waals surface area contributed by atoms with Crippen LogP contribution in [-0.2, 0) is 4.74 Å². The van der Waals surface area contributed by atoms with E-state index in [9.17, 15) is 14.9 Å². The molecule has 1 aromatic carbocycles. The second-order valence-electron chi connectivity index (χ2n) is 7.70. The summed E-state index contributed by atoms with van der Waals surface area (Å²) in [4.78, 5) is 25.3. The van der Waals surface area contributed by atoms with E-state index in [1.807, 2.05) is 0 Å². The maximum Gasteiger partial charge on any atom is 0.272 e. The molecule has 2 aliphatic heterocycles. The van der Waals surface area contributed by atoms with Gasteiger partial charge in [0.1, 0.15) is 0 Å². The molecule has 0 bridgehead atoms. The highest BCUT2D eigenvalue weighted by molar-refractivity contribution is 5.92. The molecule has 2 saturated heterocycles. The average Bonchev–Trinajstić information content (AvgIpc) is 3.42. The van der Waals surface area contributed by atoms with Crippen molar-refractivity contribution in [2.75, 3.05) is 32.8 Å². The minimum atomic E-state index is -0.446. The zero-order chi connectivity index (χ0) is 20.2. The quantitative estimate of drug-likeness (QED) is 0.589. The van der Waals surface area contributed by atoms with Crippen LogP contribution in [0.1, 0.15) is 29.8 Å². The summed E-state index contributed by atoms with van der Waals surface area (Å²) < 4.78 is 7.00. The molecule has 2 aliphatic rings. The van der Waals surface area contributed by atoms with Crippen molar-refractivity contribution in [1.82, 2.24) is 20.0 Å². The first kappa shape index (κ1) is 19.5. The van der Waals surface area contributed by atoms with Crippen molar-refractivity contribution in [2.45, 2.75) is 25.3 Å². The summed E-state index contributed by atoms with van der Waals surface area (Å²) >= 11 is 0. The van der Waals surface area contributed by atoms with Crippen LogP contribution in [-0.4, -0.2) is 64.4 Å². The first-order valence-electron chi connectivity index (χ1n) is 10.00. The second kappa shape index (κ2) is 8.71. The van der Waals surface area contributed by atoms with E-state index >= 15 is 0 Å². The van der Waals surface area contributed by atoms with E-state index in [-0.39, 0.29) is 17.6 Å². The second-order valence-corrected chi connectivity index (χ2v) is 7.70. The van der Waals surface area contributed by atoms with Gasteiger partial charge in [-0.25, -0.2) is 4.68 Å². The monoisotopic (exact) mass is 399 g/mol. The Morgan fingerprint density at radius 3 is 2.62 bits per heavy atom. The van der Waals surface area contributed by atoms with Crippen LogP contribution in [0, 0.1) is 16.0 Å². The largest absolute Gasteiger partial charge is 0.381 e. The van der Waals surface area contributed by atoms with Crippen LogP contribution in [0.25, 0.3) is 5.69 Å². The number of piperidine rings is 1. The number of rotatable bonds is 6. The molecule has 1 unspecified atom stereocenters. The van der Waals surface area contributed by atoms with Crippen LogP contribution in [0.15, 0.2) is 36.5 Å². The highest BCUT2D eigenvalue weighted by atomic mass is 16.6. The number of hydrogen-bond acceptors (Lipinski definition) is 6. The Labute approximate surface area is 168 Å². The molecule has 1 N–H and O–H groups in total. The number of nitrogens with one attached hydrogen (secondary N) is 1. The molecule has 0 spiro atoms. The van der Waals surface area contributed by atoms with Crippen LogP contribution < -0.4 is 5.32 Å². The van der Waals surface area contributed by atoms with Crippen molar-refractivity contribution in [3.8, 4) is 5.69 Å². The summed E-state index contributed by atoms with van der Waals surface area (Å²) in [5.74, 6) is 0.456. The molecule has 1 amide bonds. The van der Waals surface area contributed by atoms with E-state index in [0.717, 1.165) is 52.1 Å². The van der Waals surface area contributed by atoms with Gasteiger partial charge in [0.2, 0.25) is 0 Å². The molecule has 0 aliphatic carbocycles. The fraction of sp³-hybridized carbons (Fsp3) is 0.500. The van der Waals surface area contributed by atoms with Crippen LogP contribution in [0.3, 0.4) is 0 Å². The van der Waals surface area contributed by atoms with Crippen LogP contribution >= 0.6 is 0 Å². The summed E-state index contributed by atoms with van der Waals surface area (Å²) in [5, 5.41) is 18.2. The molecule has 9 nitrogen and oxygen atoms in total. The number of carbonyl (C=O) groups is 1. The van der Waals surface area contributed by atoms with Crippen molar-refractivity contribution in [2.24, 2.45) is 5.92 Å². The highest BCUT2D eigenvalue weighted by Gasteiger charge is 2.25. The third kappa shape index (κ3) is 4.80. The molecule has 3 heterocycles. The number of nitro benzene ring substituents is 1. The van der Waals surface area contributed by atoms with E-state index < -0.39 is 4.92 Å². The maximum absolute atomic E-state index is 12.6. The van der Waals surface area contributed by atoms with E-state index in [2.05, 4.69) is 15.3 Å². The predicted octanol–water partition coefficient (Wildman–Crippen LogP) is 2.01. The number of ether oxygens (including phenoxy) is 1. The molecule has 0 radical (unpaired) electrons. The van der Waals surface area contributed by atoms with E-state index in [1.54, 1.807) is 29.1 Å². The SMILES string of the molecule is O=C(NC1CCN(CC2CCOC2)CC1)c1ccn(-c2ccc([N+](=O)[O-])cc2)n1. The lowest BCUT2D eigenvalue weighted by atomic mass is 10.0. The minimum Gasteiger partial charge on any atom is -0.381 e. The third-order valence-corrected chi connectivity index (χ3v) is 5.61. The Balaban J connectivity index is 1.29. The molecular formula is C20H25N5O4. The zero-order valence-corrected chi connectivity index (χ0v) is 16.2. The van der Waals surface area contributed by atoms with Crippen LogP contribution in [0.4, 0.5) is 5.69 Å². The van der Waals surface area contributed by atoms with E-state index in [0.29, 0.717) is 17.3 Å². The van der Waals surface area contributed by atoms with Gasteiger partial charge in [0.15, 0.2) is 5.69 Å². The normalized spacial score (nSPS) is 20.6. The number of amides is 1. The molecule has 1 atom stereocenters. The molecule has 1 aromatic heterocycles. The Kier molecular flexibility index (Phi) is 5.86. The summed E-state index contributed by atoms with van der Waals surface area (Å²) in [5.41, 5.74) is 1.03. The standard InChI is InChI=1S/C20H25N5O4/c26-20(21-16-5-9-23(10-6-16)13-15-8-12-29-14-15)19-7-11-24(22-19)17-1-3-18(4-2-17)25(27)28/h1-4,7,11,15-16H,5-6,8-10,12-14H2,(H,21,26). The Hall–Kier alpha value is -2.78. The lowest BCUT2D eigenvalue weighted by Crippen LogP contribution is -2.46. The number of likely N-dealkylation sites (tertiary alicyclic amines) is 1. The van der Waals surface area contributed by atoms with Gasteiger partial charge in [0, 0.05) is 50.6 Å². The molecule has 154 valence electrons. The lowest BCUT2D eigenvalue weighted by molar-refractivity contribution is -0.384. The fourth-order valence-corrected chi connectivity index (χ4v) is 3.93.